The number of aromatic hydroxyl groups is 2. The lowest BCUT2D eigenvalue weighted by Crippen LogP contribution is -2.25. The van der Waals surface area contributed by atoms with E-state index in [1.165, 1.54) is 28.4 Å². The van der Waals surface area contributed by atoms with Crippen molar-refractivity contribution < 1.29 is 34.3 Å². The van der Waals surface area contributed by atoms with Crippen LogP contribution < -0.4 is 18.9 Å². The molecule has 0 unspecified atom stereocenters. The standard InChI is InChI=1S/C21H26O7/c1-25-14-8-13(9-15(26-2)19(14)23)17-12(10-22)6-5-11-7-16(27-3)20(24)21(28-4)18(11)17/h7-9,12,17,22-24H,5-6,10H2,1-4H3/t12-,17+/m0/s1. The van der Waals surface area contributed by atoms with E-state index in [1.807, 2.05) is 6.07 Å². The molecule has 2 aromatic rings. The van der Waals surface area contributed by atoms with Crippen molar-refractivity contribution in [1.82, 2.24) is 0 Å². The average Bonchev–Trinajstić information content (AvgIpc) is 2.72. The minimum absolute atomic E-state index is 0.0362. The molecule has 0 heterocycles. The Bertz CT molecular complexity index is 837. The Morgan fingerprint density at radius 2 is 1.43 bits per heavy atom. The van der Waals surface area contributed by atoms with Gasteiger partial charge in [0.2, 0.25) is 11.5 Å². The molecule has 0 bridgehead atoms. The Kier molecular flexibility index (Phi) is 5.74. The third kappa shape index (κ3) is 3.16. The molecule has 0 amide bonds. The molecule has 2 atom stereocenters. The number of aryl methyl sites for hydroxylation is 1. The van der Waals surface area contributed by atoms with Gasteiger partial charge in [-0.25, -0.2) is 0 Å². The summed E-state index contributed by atoms with van der Waals surface area (Å²) in [6.45, 7) is -0.0362. The van der Waals surface area contributed by atoms with Gasteiger partial charge in [-0.15, -0.1) is 0 Å². The Balaban J connectivity index is 2.28. The first kappa shape index (κ1) is 19.9. The smallest absolute Gasteiger partial charge is 0.201 e. The van der Waals surface area contributed by atoms with Crippen LogP contribution in [0.5, 0.6) is 34.5 Å². The van der Waals surface area contributed by atoms with Crippen LogP contribution in [-0.4, -0.2) is 50.4 Å². The van der Waals surface area contributed by atoms with E-state index in [1.54, 1.807) is 12.1 Å². The van der Waals surface area contributed by atoms with Crippen LogP contribution in [0.4, 0.5) is 0 Å². The average molecular weight is 390 g/mol. The van der Waals surface area contributed by atoms with Crippen LogP contribution in [0.3, 0.4) is 0 Å². The van der Waals surface area contributed by atoms with Gasteiger partial charge in [0.25, 0.3) is 0 Å². The van der Waals surface area contributed by atoms with Crippen molar-refractivity contribution in [2.45, 2.75) is 18.8 Å². The lowest BCUT2D eigenvalue weighted by atomic mass is 9.71. The number of benzene rings is 2. The zero-order valence-electron chi connectivity index (χ0n) is 16.5. The highest BCUT2D eigenvalue weighted by Gasteiger charge is 2.36. The van der Waals surface area contributed by atoms with Crippen LogP contribution in [-0.2, 0) is 6.42 Å². The highest BCUT2D eigenvalue weighted by Crippen LogP contribution is 2.53. The number of fused-ring (bicyclic) bond motifs is 1. The van der Waals surface area contributed by atoms with E-state index in [0.29, 0.717) is 11.5 Å². The van der Waals surface area contributed by atoms with Crippen molar-refractivity contribution in [2.75, 3.05) is 35.0 Å². The second kappa shape index (κ2) is 8.06. The summed E-state index contributed by atoms with van der Waals surface area (Å²) in [5.41, 5.74) is 2.56. The Morgan fingerprint density at radius 3 is 1.93 bits per heavy atom. The second-order valence-corrected chi connectivity index (χ2v) is 6.77. The van der Waals surface area contributed by atoms with Gasteiger partial charge >= 0.3 is 0 Å². The largest absolute Gasteiger partial charge is 0.502 e. The van der Waals surface area contributed by atoms with Gasteiger partial charge in [0.15, 0.2) is 23.0 Å². The second-order valence-electron chi connectivity index (χ2n) is 6.77. The molecule has 0 fully saturated rings. The van der Waals surface area contributed by atoms with Crippen molar-refractivity contribution in [1.29, 1.82) is 0 Å². The molecule has 0 aromatic heterocycles. The van der Waals surface area contributed by atoms with E-state index in [-0.39, 0.29) is 41.4 Å². The van der Waals surface area contributed by atoms with Gasteiger partial charge in [-0.3, -0.25) is 0 Å². The first-order valence-corrected chi connectivity index (χ1v) is 9.03. The monoisotopic (exact) mass is 390 g/mol. The molecular weight excluding hydrogens is 364 g/mol. The summed E-state index contributed by atoms with van der Waals surface area (Å²) in [6, 6.07) is 5.25. The molecule has 28 heavy (non-hydrogen) atoms. The summed E-state index contributed by atoms with van der Waals surface area (Å²) >= 11 is 0. The fraction of sp³-hybridized carbons (Fsp3) is 0.429. The summed E-state index contributed by atoms with van der Waals surface area (Å²) in [7, 11) is 5.92. The van der Waals surface area contributed by atoms with E-state index in [2.05, 4.69) is 0 Å². The Hall–Kier alpha value is -2.80. The van der Waals surface area contributed by atoms with E-state index < -0.39 is 0 Å². The van der Waals surface area contributed by atoms with Crippen LogP contribution in [0.2, 0.25) is 0 Å². The van der Waals surface area contributed by atoms with Gasteiger partial charge in [0.1, 0.15) is 0 Å². The quantitative estimate of drug-likeness (QED) is 0.698. The molecule has 152 valence electrons. The molecule has 0 saturated heterocycles. The number of hydrogen-bond acceptors (Lipinski definition) is 7. The fourth-order valence-corrected chi connectivity index (χ4v) is 4.07. The normalized spacial score (nSPS) is 18.3. The molecule has 1 aliphatic rings. The summed E-state index contributed by atoms with van der Waals surface area (Å²) in [6.07, 6.45) is 1.47. The van der Waals surface area contributed by atoms with Crippen molar-refractivity contribution in [3.8, 4) is 34.5 Å². The minimum atomic E-state index is -0.288. The summed E-state index contributed by atoms with van der Waals surface area (Å²) in [5, 5.41) is 30.9. The number of rotatable bonds is 6. The predicted molar refractivity (Wildman–Crippen MR) is 103 cm³/mol. The molecule has 0 aliphatic heterocycles. The van der Waals surface area contributed by atoms with Crippen LogP contribution in [0, 0.1) is 5.92 Å². The summed E-state index contributed by atoms with van der Waals surface area (Å²) in [4.78, 5) is 0. The lowest BCUT2D eigenvalue weighted by Gasteiger charge is -2.35. The lowest BCUT2D eigenvalue weighted by molar-refractivity contribution is 0.196. The highest BCUT2D eigenvalue weighted by atomic mass is 16.5. The number of methoxy groups -OCH3 is 4. The predicted octanol–water partition coefficient (Wildman–Crippen LogP) is 2.82. The zero-order valence-corrected chi connectivity index (χ0v) is 16.5. The van der Waals surface area contributed by atoms with Crippen molar-refractivity contribution in [2.24, 2.45) is 5.92 Å². The van der Waals surface area contributed by atoms with Gasteiger partial charge < -0.3 is 34.3 Å². The SMILES string of the molecule is COc1cc([C@@H]2c3c(cc(OC)c(O)c3OC)CC[C@H]2CO)cc(OC)c1O. The molecule has 3 N–H and O–H groups in total. The summed E-state index contributed by atoms with van der Waals surface area (Å²) in [5.74, 6) is 0.655. The van der Waals surface area contributed by atoms with Gasteiger partial charge in [-0.2, -0.15) is 0 Å². The molecule has 0 spiro atoms. The van der Waals surface area contributed by atoms with Crippen LogP contribution in [0.1, 0.15) is 29.0 Å². The van der Waals surface area contributed by atoms with E-state index in [9.17, 15) is 15.3 Å². The molecule has 7 nitrogen and oxygen atoms in total. The third-order valence-corrected chi connectivity index (χ3v) is 5.43. The number of aliphatic hydroxyl groups excluding tert-OH is 1. The highest BCUT2D eigenvalue weighted by molar-refractivity contribution is 5.63. The Labute approximate surface area is 164 Å². The maximum atomic E-state index is 10.6. The van der Waals surface area contributed by atoms with Crippen LogP contribution >= 0.6 is 0 Å². The van der Waals surface area contributed by atoms with Crippen molar-refractivity contribution in [3.05, 3.63) is 34.9 Å². The van der Waals surface area contributed by atoms with Gasteiger partial charge in [-0.05, 0) is 48.1 Å². The molecule has 2 aromatic carbocycles. The van der Waals surface area contributed by atoms with Gasteiger partial charge in [-0.1, -0.05) is 0 Å². The zero-order chi connectivity index (χ0) is 20.4. The topological polar surface area (TPSA) is 97.6 Å². The molecule has 0 radical (unpaired) electrons. The number of phenols is 2. The third-order valence-electron chi connectivity index (χ3n) is 5.43. The molecule has 3 rings (SSSR count). The molecule has 0 saturated carbocycles. The van der Waals surface area contributed by atoms with Gasteiger partial charge in [0, 0.05) is 18.1 Å². The first-order valence-electron chi connectivity index (χ1n) is 9.03. The number of aliphatic hydroxyl groups is 1. The molecular formula is C21H26O7. The number of hydrogen-bond donors (Lipinski definition) is 3. The van der Waals surface area contributed by atoms with E-state index >= 15 is 0 Å². The fourth-order valence-electron chi connectivity index (χ4n) is 4.07. The molecule has 7 heteroatoms. The summed E-state index contributed by atoms with van der Waals surface area (Å²) < 4.78 is 21.4. The molecule has 1 aliphatic carbocycles. The first-order chi connectivity index (χ1) is 13.5. The Morgan fingerprint density at radius 1 is 0.857 bits per heavy atom. The maximum absolute atomic E-state index is 10.6. The van der Waals surface area contributed by atoms with Crippen molar-refractivity contribution in [3.63, 3.8) is 0 Å². The number of phenolic OH excluding ortho intramolecular Hbond substituents is 2. The van der Waals surface area contributed by atoms with Crippen molar-refractivity contribution >= 4 is 0 Å². The van der Waals surface area contributed by atoms with E-state index in [4.69, 9.17) is 18.9 Å². The van der Waals surface area contributed by atoms with Crippen LogP contribution in [0.25, 0.3) is 0 Å². The number of ether oxygens (including phenoxy) is 4. The minimum Gasteiger partial charge on any atom is -0.502 e. The maximum Gasteiger partial charge on any atom is 0.201 e. The van der Waals surface area contributed by atoms with E-state index in [0.717, 1.165) is 29.5 Å². The van der Waals surface area contributed by atoms with Crippen LogP contribution in [0.15, 0.2) is 18.2 Å². The van der Waals surface area contributed by atoms with Gasteiger partial charge in [0.05, 0.1) is 28.4 Å².